The largest absolute Gasteiger partial charge is 0.354 e. The Hall–Kier alpha value is -2.58. The molecule has 2 rings (SSSR count). The Morgan fingerprint density at radius 2 is 1.76 bits per heavy atom. The number of nitrogens with one attached hydrogen (secondary N) is 1. The van der Waals surface area contributed by atoms with Gasteiger partial charge in [0.2, 0.25) is 21.8 Å². The highest BCUT2D eigenvalue weighted by Crippen LogP contribution is 2.25. The van der Waals surface area contributed by atoms with Gasteiger partial charge in [0.25, 0.3) is 0 Å². The number of amides is 2. The fraction of sp³-hybridized carbons (Fsp3) is 0.500. The number of halogens is 1. The second-order valence-electron chi connectivity index (χ2n) is 9.90. The molecule has 0 bridgehead atoms. The molecule has 37 heavy (non-hydrogen) atoms. The molecule has 2 aromatic rings. The number of aryl methyl sites for hydroxylation is 2. The molecule has 0 aromatic heterocycles. The van der Waals surface area contributed by atoms with Crippen molar-refractivity contribution in [3.8, 4) is 0 Å². The Kier molecular flexibility index (Phi) is 11.4. The number of carbonyl (C=O) groups excluding carboxylic acids is 2. The SMILES string of the molecule is CC[C@H](C(=O)NCC(C)C)N(Cc1ccccc1Cl)C(=O)CCCN(c1cc(C)ccc1C)S(C)(=O)=O. The molecule has 0 spiro atoms. The molecule has 7 nitrogen and oxygen atoms in total. The zero-order valence-electron chi connectivity index (χ0n) is 22.8. The summed E-state index contributed by atoms with van der Waals surface area (Å²) in [4.78, 5) is 28.1. The van der Waals surface area contributed by atoms with Gasteiger partial charge in [0, 0.05) is 31.1 Å². The van der Waals surface area contributed by atoms with Crippen molar-refractivity contribution in [2.45, 2.75) is 66.5 Å². The van der Waals surface area contributed by atoms with Crippen molar-refractivity contribution in [3.05, 3.63) is 64.2 Å². The normalized spacial score (nSPS) is 12.3. The number of hydrogen-bond acceptors (Lipinski definition) is 4. The van der Waals surface area contributed by atoms with E-state index in [9.17, 15) is 18.0 Å². The summed E-state index contributed by atoms with van der Waals surface area (Å²) in [7, 11) is -3.55. The van der Waals surface area contributed by atoms with Crippen molar-refractivity contribution < 1.29 is 18.0 Å². The first kappa shape index (κ1) is 30.6. The molecule has 2 aromatic carbocycles. The van der Waals surface area contributed by atoms with E-state index in [4.69, 9.17) is 11.6 Å². The standard InChI is InChI=1S/C28H40ClN3O4S/c1-7-25(28(34)30-18-20(2)3)31(19-23-11-8-9-12-24(23)29)27(33)13-10-16-32(37(6,35)36)26-17-21(4)14-15-22(26)5/h8-9,11-12,14-15,17,20,25H,7,10,13,16,18-19H2,1-6H3,(H,30,34)/t25-/m1/s1. The van der Waals surface area contributed by atoms with Gasteiger partial charge in [0.1, 0.15) is 6.04 Å². The Balaban J connectivity index is 2.25. The van der Waals surface area contributed by atoms with Crippen molar-refractivity contribution >= 4 is 39.1 Å². The summed E-state index contributed by atoms with van der Waals surface area (Å²) < 4.78 is 26.6. The molecule has 1 N–H and O–H groups in total. The summed E-state index contributed by atoms with van der Waals surface area (Å²) in [5, 5.41) is 3.47. The van der Waals surface area contributed by atoms with Crippen LogP contribution >= 0.6 is 11.6 Å². The number of carbonyl (C=O) groups is 2. The fourth-order valence-corrected chi connectivity index (χ4v) is 5.33. The van der Waals surface area contributed by atoms with E-state index >= 15 is 0 Å². The summed E-state index contributed by atoms with van der Waals surface area (Å²) >= 11 is 6.38. The molecule has 0 aliphatic carbocycles. The summed E-state index contributed by atoms with van der Waals surface area (Å²) in [6, 6.07) is 12.3. The van der Waals surface area contributed by atoms with Gasteiger partial charge < -0.3 is 10.2 Å². The highest BCUT2D eigenvalue weighted by Gasteiger charge is 2.29. The van der Waals surface area contributed by atoms with E-state index in [1.807, 2.05) is 71.0 Å². The van der Waals surface area contributed by atoms with E-state index in [-0.39, 0.29) is 37.2 Å². The summed E-state index contributed by atoms with van der Waals surface area (Å²) in [6.45, 7) is 10.5. The molecular weight excluding hydrogens is 510 g/mol. The maximum atomic E-state index is 13.5. The smallest absolute Gasteiger partial charge is 0.242 e. The molecule has 0 aliphatic rings. The van der Waals surface area contributed by atoms with Gasteiger partial charge in [0.15, 0.2) is 0 Å². The number of hydrogen-bond donors (Lipinski definition) is 1. The van der Waals surface area contributed by atoms with Gasteiger partial charge in [-0.3, -0.25) is 13.9 Å². The molecule has 0 unspecified atom stereocenters. The van der Waals surface area contributed by atoms with Gasteiger partial charge in [0.05, 0.1) is 11.9 Å². The number of sulfonamides is 1. The van der Waals surface area contributed by atoms with Gasteiger partial charge in [-0.1, -0.05) is 62.7 Å². The second kappa shape index (κ2) is 13.8. The van der Waals surface area contributed by atoms with Gasteiger partial charge in [-0.2, -0.15) is 0 Å². The summed E-state index contributed by atoms with van der Waals surface area (Å²) in [6.07, 6.45) is 2.02. The Morgan fingerprint density at radius 3 is 2.35 bits per heavy atom. The molecule has 204 valence electrons. The van der Waals surface area contributed by atoms with Crippen molar-refractivity contribution in [2.24, 2.45) is 5.92 Å². The highest BCUT2D eigenvalue weighted by molar-refractivity contribution is 7.92. The van der Waals surface area contributed by atoms with E-state index in [2.05, 4.69) is 5.32 Å². The Bertz CT molecular complexity index is 1180. The predicted octanol–water partition coefficient (Wildman–Crippen LogP) is 5.08. The fourth-order valence-electron chi connectivity index (χ4n) is 4.12. The van der Waals surface area contributed by atoms with Crippen LogP contribution in [0.5, 0.6) is 0 Å². The first-order valence-electron chi connectivity index (χ1n) is 12.7. The third kappa shape index (κ3) is 9.04. The van der Waals surface area contributed by atoms with Gasteiger partial charge in [-0.15, -0.1) is 0 Å². The van der Waals surface area contributed by atoms with Crippen LogP contribution in [0.3, 0.4) is 0 Å². The van der Waals surface area contributed by atoms with Crippen LogP contribution in [0.4, 0.5) is 5.69 Å². The quantitative estimate of drug-likeness (QED) is 0.377. The van der Waals surface area contributed by atoms with Gasteiger partial charge in [-0.25, -0.2) is 8.42 Å². The molecule has 0 saturated heterocycles. The maximum absolute atomic E-state index is 13.5. The number of benzene rings is 2. The molecule has 0 heterocycles. The Labute approximate surface area is 227 Å². The van der Waals surface area contributed by atoms with Crippen LogP contribution in [0.25, 0.3) is 0 Å². The summed E-state index contributed by atoms with van der Waals surface area (Å²) in [5.74, 6) is -0.146. The molecule has 0 fully saturated rings. The van der Waals surface area contributed by atoms with E-state index in [1.165, 1.54) is 10.6 Å². The number of anilines is 1. The van der Waals surface area contributed by atoms with E-state index < -0.39 is 16.1 Å². The van der Waals surface area contributed by atoms with Crippen LogP contribution < -0.4 is 9.62 Å². The summed E-state index contributed by atoms with van der Waals surface area (Å²) in [5.41, 5.74) is 3.16. The van der Waals surface area contributed by atoms with E-state index in [1.54, 1.807) is 11.0 Å². The lowest BCUT2D eigenvalue weighted by atomic mass is 10.1. The van der Waals surface area contributed by atoms with Gasteiger partial charge in [-0.05, 0) is 61.4 Å². The monoisotopic (exact) mass is 549 g/mol. The predicted molar refractivity (Wildman–Crippen MR) is 151 cm³/mol. The van der Waals surface area contributed by atoms with Crippen molar-refractivity contribution in [3.63, 3.8) is 0 Å². The van der Waals surface area contributed by atoms with E-state index in [0.717, 1.165) is 16.7 Å². The average molecular weight is 550 g/mol. The minimum atomic E-state index is -3.55. The second-order valence-corrected chi connectivity index (χ2v) is 12.2. The van der Waals surface area contributed by atoms with Crippen molar-refractivity contribution in [2.75, 3.05) is 23.7 Å². The average Bonchev–Trinajstić information content (AvgIpc) is 2.82. The van der Waals surface area contributed by atoms with Crippen LogP contribution in [-0.4, -0.2) is 50.5 Å². The Morgan fingerprint density at radius 1 is 1.08 bits per heavy atom. The number of nitrogens with zero attached hydrogens (tertiary/aromatic N) is 2. The minimum absolute atomic E-state index is 0.0926. The van der Waals surface area contributed by atoms with Crippen molar-refractivity contribution in [1.82, 2.24) is 10.2 Å². The minimum Gasteiger partial charge on any atom is -0.354 e. The third-order valence-electron chi connectivity index (χ3n) is 6.15. The lowest BCUT2D eigenvalue weighted by Crippen LogP contribution is -2.49. The molecule has 0 radical (unpaired) electrons. The molecule has 2 amide bonds. The van der Waals surface area contributed by atoms with Crippen LogP contribution in [0.2, 0.25) is 5.02 Å². The molecule has 0 aliphatic heterocycles. The van der Waals surface area contributed by atoms with Crippen LogP contribution in [0.1, 0.15) is 56.7 Å². The molecular formula is C28H40ClN3O4S. The highest BCUT2D eigenvalue weighted by atomic mass is 35.5. The van der Waals surface area contributed by atoms with Gasteiger partial charge >= 0.3 is 0 Å². The topological polar surface area (TPSA) is 86.8 Å². The van der Waals surface area contributed by atoms with Crippen LogP contribution in [0.15, 0.2) is 42.5 Å². The van der Waals surface area contributed by atoms with Crippen LogP contribution in [-0.2, 0) is 26.2 Å². The molecule has 1 atom stereocenters. The first-order chi connectivity index (χ1) is 17.3. The zero-order valence-corrected chi connectivity index (χ0v) is 24.3. The van der Waals surface area contributed by atoms with E-state index in [0.29, 0.717) is 30.1 Å². The van der Waals surface area contributed by atoms with Crippen molar-refractivity contribution in [1.29, 1.82) is 0 Å². The molecule has 0 saturated carbocycles. The number of rotatable bonds is 13. The lowest BCUT2D eigenvalue weighted by molar-refractivity contribution is -0.141. The zero-order chi connectivity index (χ0) is 27.8. The third-order valence-corrected chi connectivity index (χ3v) is 7.70. The lowest BCUT2D eigenvalue weighted by Gasteiger charge is -2.31. The maximum Gasteiger partial charge on any atom is 0.242 e. The molecule has 9 heteroatoms. The van der Waals surface area contributed by atoms with Crippen LogP contribution in [0, 0.1) is 19.8 Å². The first-order valence-corrected chi connectivity index (χ1v) is 14.9.